The SMILES string of the molecule is CCC(C)(CN)C(O)c1ccc(C)c(C)c1. The molecule has 0 spiro atoms. The molecule has 0 aromatic heterocycles. The highest BCUT2D eigenvalue weighted by Crippen LogP contribution is 2.36. The van der Waals surface area contributed by atoms with Crippen LogP contribution in [-0.2, 0) is 0 Å². The Morgan fingerprint density at radius 3 is 2.38 bits per heavy atom. The zero-order valence-electron chi connectivity index (χ0n) is 10.7. The predicted molar refractivity (Wildman–Crippen MR) is 68.3 cm³/mol. The van der Waals surface area contributed by atoms with Crippen molar-refractivity contribution in [2.24, 2.45) is 11.1 Å². The first kappa shape index (κ1) is 13.2. The van der Waals surface area contributed by atoms with E-state index in [-0.39, 0.29) is 5.41 Å². The maximum atomic E-state index is 10.4. The summed E-state index contributed by atoms with van der Waals surface area (Å²) < 4.78 is 0. The fourth-order valence-electron chi connectivity index (χ4n) is 1.79. The van der Waals surface area contributed by atoms with E-state index in [1.807, 2.05) is 13.0 Å². The highest BCUT2D eigenvalue weighted by atomic mass is 16.3. The molecule has 0 bridgehead atoms. The Labute approximate surface area is 98.5 Å². The quantitative estimate of drug-likeness (QED) is 0.821. The fraction of sp³-hybridized carbons (Fsp3) is 0.571. The Morgan fingerprint density at radius 1 is 1.31 bits per heavy atom. The van der Waals surface area contributed by atoms with E-state index in [1.165, 1.54) is 11.1 Å². The maximum absolute atomic E-state index is 10.4. The molecule has 0 amide bonds. The molecule has 0 saturated carbocycles. The number of rotatable bonds is 4. The third-order valence-electron chi connectivity index (χ3n) is 3.78. The van der Waals surface area contributed by atoms with Crippen molar-refractivity contribution in [1.82, 2.24) is 0 Å². The second kappa shape index (κ2) is 4.98. The first-order valence-electron chi connectivity index (χ1n) is 5.90. The Balaban J connectivity index is 3.04. The fourth-order valence-corrected chi connectivity index (χ4v) is 1.79. The number of aliphatic hydroxyl groups is 1. The lowest BCUT2D eigenvalue weighted by molar-refractivity contribution is 0.0391. The van der Waals surface area contributed by atoms with E-state index >= 15 is 0 Å². The highest BCUT2D eigenvalue weighted by molar-refractivity contribution is 5.31. The van der Waals surface area contributed by atoms with Crippen LogP contribution in [0.5, 0.6) is 0 Å². The van der Waals surface area contributed by atoms with Gasteiger partial charge in [-0.15, -0.1) is 0 Å². The average Bonchev–Trinajstić information content (AvgIpc) is 2.30. The summed E-state index contributed by atoms with van der Waals surface area (Å²) in [6, 6.07) is 6.11. The van der Waals surface area contributed by atoms with Gasteiger partial charge in [-0.1, -0.05) is 32.0 Å². The van der Waals surface area contributed by atoms with Crippen LogP contribution in [0.4, 0.5) is 0 Å². The van der Waals surface area contributed by atoms with Crippen molar-refractivity contribution in [2.45, 2.75) is 40.2 Å². The van der Waals surface area contributed by atoms with Crippen LogP contribution in [0.15, 0.2) is 18.2 Å². The standard InChI is InChI=1S/C14H23NO/c1-5-14(4,9-15)13(16)12-7-6-10(2)11(3)8-12/h6-8,13,16H,5,9,15H2,1-4H3. The number of hydrogen-bond donors (Lipinski definition) is 2. The minimum atomic E-state index is -0.484. The zero-order chi connectivity index (χ0) is 12.3. The van der Waals surface area contributed by atoms with Crippen LogP contribution in [0.3, 0.4) is 0 Å². The van der Waals surface area contributed by atoms with Crippen molar-refractivity contribution < 1.29 is 5.11 Å². The van der Waals surface area contributed by atoms with Gasteiger partial charge in [0.05, 0.1) is 6.10 Å². The van der Waals surface area contributed by atoms with E-state index in [0.717, 1.165) is 12.0 Å². The summed E-state index contributed by atoms with van der Waals surface area (Å²) in [6.07, 6.45) is 0.388. The number of aliphatic hydroxyl groups excluding tert-OH is 1. The summed E-state index contributed by atoms with van der Waals surface area (Å²) in [7, 11) is 0. The summed E-state index contributed by atoms with van der Waals surface area (Å²) in [5.74, 6) is 0. The van der Waals surface area contributed by atoms with Gasteiger partial charge in [0, 0.05) is 12.0 Å². The minimum absolute atomic E-state index is 0.234. The van der Waals surface area contributed by atoms with Gasteiger partial charge in [0.15, 0.2) is 0 Å². The number of benzene rings is 1. The van der Waals surface area contributed by atoms with Crippen LogP contribution in [0.1, 0.15) is 43.1 Å². The van der Waals surface area contributed by atoms with E-state index in [0.29, 0.717) is 6.54 Å². The molecule has 1 aromatic carbocycles. The first-order chi connectivity index (χ1) is 7.44. The molecular formula is C14H23NO. The van der Waals surface area contributed by atoms with E-state index in [4.69, 9.17) is 5.73 Å². The molecule has 0 fully saturated rings. The lowest BCUT2D eigenvalue weighted by atomic mass is 9.78. The molecule has 2 unspecified atom stereocenters. The molecule has 0 aliphatic carbocycles. The second-order valence-corrected chi connectivity index (χ2v) is 4.96. The molecule has 2 heteroatoms. The lowest BCUT2D eigenvalue weighted by Crippen LogP contribution is -2.33. The van der Waals surface area contributed by atoms with Crippen molar-refractivity contribution >= 4 is 0 Å². The van der Waals surface area contributed by atoms with Crippen molar-refractivity contribution in [3.05, 3.63) is 34.9 Å². The van der Waals surface area contributed by atoms with Crippen LogP contribution < -0.4 is 5.73 Å². The average molecular weight is 221 g/mol. The summed E-state index contributed by atoms with van der Waals surface area (Å²) in [5, 5.41) is 10.4. The molecule has 2 atom stereocenters. The Bertz CT molecular complexity index is 356. The van der Waals surface area contributed by atoms with Gasteiger partial charge in [-0.2, -0.15) is 0 Å². The minimum Gasteiger partial charge on any atom is -0.388 e. The largest absolute Gasteiger partial charge is 0.388 e. The van der Waals surface area contributed by atoms with Crippen LogP contribution in [0.25, 0.3) is 0 Å². The normalized spacial score (nSPS) is 16.9. The number of hydrogen-bond acceptors (Lipinski definition) is 2. The van der Waals surface area contributed by atoms with Gasteiger partial charge in [-0.05, 0) is 37.0 Å². The van der Waals surface area contributed by atoms with Gasteiger partial charge in [0.2, 0.25) is 0 Å². The van der Waals surface area contributed by atoms with Crippen molar-refractivity contribution in [1.29, 1.82) is 0 Å². The van der Waals surface area contributed by atoms with E-state index in [1.54, 1.807) is 0 Å². The molecule has 90 valence electrons. The van der Waals surface area contributed by atoms with Crippen LogP contribution in [0, 0.1) is 19.3 Å². The van der Waals surface area contributed by atoms with E-state index in [2.05, 4.69) is 32.9 Å². The molecule has 1 aromatic rings. The molecular weight excluding hydrogens is 198 g/mol. The lowest BCUT2D eigenvalue weighted by Gasteiger charge is -2.32. The summed E-state index contributed by atoms with van der Waals surface area (Å²) in [5.41, 5.74) is 8.97. The first-order valence-corrected chi connectivity index (χ1v) is 5.90. The van der Waals surface area contributed by atoms with Gasteiger partial charge in [0.1, 0.15) is 0 Å². The van der Waals surface area contributed by atoms with Crippen LogP contribution >= 0.6 is 0 Å². The van der Waals surface area contributed by atoms with E-state index in [9.17, 15) is 5.11 Å². The van der Waals surface area contributed by atoms with Gasteiger partial charge < -0.3 is 10.8 Å². The van der Waals surface area contributed by atoms with Crippen molar-refractivity contribution in [3.63, 3.8) is 0 Å². The van der Waals surface area contributed by atoms with Gasteiger partial charge in [-0.3, -0.25) is 0 Å². The maximum Gasteiger partial charge on any atom is 0.0855 e. The van der Waals surface area contributed by atoms with Gasteiger partial charge >= 0.3 is 0 Å². The highest BCUT2D eigenvalue weighted by Gasteiger charge is 2.30. The third kappa shape index (κ3) is 2.45. The molecule has 3 N–H and O–H groups in total. The molecule has 0 heterocycles. The molecule has 0 aliphatic heterocycles. The van der Waals surface area contributed by atoms with Gasteiger partial charge in [0.25, 0.3) is 0 Å². The molecule has 2 nitrogen and oxygen atoms in total. The number of aryl methyl sites for hydroxylation is 2. The molecule has 16 heavy (non-hydrogen) atoms. The zero-order valence-corrected chi connectivity index (χ0v) is 10.7. The van der Waals surface area contributed by atoms with Gasteiger partial charge in [-0.25, -0.2) is 0 Å². The Kier molecular flexibility index (Phi) is 4.11. The summed E-state index contributed by atoms with van der Waals surface area (Å²) in [6.45, 7) is 8.74. The predicted octanol–water partition coefficient (Wildman–Crippen LogP) is 2.71. The summed E-state index contributed by atoms with van der Waals surface area (Å²) in [4.78, 5) is 0. The molecule has 0 saturated heterocycles. The summed E-state index contributed by atoms with van der Waals surface area (Å²) >= 11 is 0. The molecule has 1 rings (SSSR count). The van der Waals surface area contributed by atoms with Crippen molar-refractivity contribution in [2.75, 3.05) is 6.54 Å². The van der Waals surface area contributed by atoms with Crippen LogP contribution in [-0.4, -0.2) is 11.7 Å². The monoisotopic (exact) mass is 221 g/mol. The second-order valence-electron chi connectivity index (χ2n) is 4.96. The number of nitrogens with two attached hydrogens (primary N) is 1. The van der Waals surface area contributed by atoms with Crippen molar-refractivity contribution in [3.8, 4) is 0 Å². The van der Waals surface area contributed by atoms with E-state index < -0.39 is 6.10 Å². The Hall–Kier alpha value is -0.860. The van der Waals surface area contributed by atoms with Crippen LogP contribution in [0.2, 0.25) is 0 Å². The molecule has 0 radical (unpaired) electrons. The third-order valence-corrected chi connectivity index (χ3v) is 3.78. The smallest absolute Gasteiger partial charge is 0.0855 e. The molecule has 0 aliphatic rings. The Morgan fingerprint density at radius 2 is 1.94 bits per heavy atom. The topological polar surface area (TPSA) is 46.2 Å².